The van der Waals surface area contributed by atoms with E-state index in [1.165, 1.54) is 24.3 Å². The van der Waals surface area contributed by atoms with E-state index in [0.717, 1.165) is 12.1 Å². The van der Waals surface area contributed by atoms with Crippen LogP contribution in [0.3, 0.4) is 0 Å². The summed E-state index contributed by atoms with van der Waals surface area (Å²) >= 11 is 5.96. The monoisotopic (exact) mass is 531 g/mol. The Morgan fingerprint density at radius 1 is 1.00 bits per heavy atom. The number of hydrogen-bond acceptors (Lipinski definition) is 5. The van der Waals surface area contributed by atoms with Gasteiger partial charge < -0.3 is 4.74 Å². The molecular formula is C23H24ClF2NO5S2. The van der Waals surface area contributed by atoms with Crippen molar-refractivity contribution in [2.75, 3.05) is 13.2 Å². The minimum Gasteiger partial charge on any atom is -0.490 e. The molecule has 5 rings (SSSR count). The first kappa shape index (κ1) is 24.0. The molecule has 3 aliphatic rings. The van der Waals surface area contributed by atoms with Gasteiger partial charge >= 0.3 is 0 Å². The van der Waals surface area contributed by atoms with E-state index in [1.807, 2.05) is 0 Å². The fraction of sp³-hybridized carbons (Fsp3) is 0.478. The third kappa shape index (κ3) is 3.73. The average molecular weight is 532 g/mol. The second kappa shape index (κ2) is 8.43. The standard InChI is InChI=1S/C23H24ClF2NO5S2/c24-15-3-5-16(6-4-15)33(28,29)23-11-1-2-14(12-27-34(30,31)17-7-8-17)18(23)13-32-22-20(26)10-9-19(25)21(22)23/h3-6,9-10,14,17-18,27H,1-2,7-8,11-13H2/t14-,18-,23-/m0/s1. The van der Waals surface area contributed by atoms with Crippen LogP contribution in [0.2, 0.25) is 5.02 Å². The van der Waals surface area contributed by atoms with E-state index in [0.29, 0.717) is 30.7 Å². The molecule has 184 valence electrons. The number of benzene rings is 2. The second-order valence-corrected chi connectivity index (χ2v) is 13.9. The number of nitrogens with one attached hydrogen (secondary N) is 1. The molecule has 1 heterocycles. The third-order valence-electron chi connectivity index (χ3n) is 7.29. The van der Waals surface area contributed by atoms with Crippen molar-refractivity contribution in [1.82, 2.24) is 4.72 Å². The topological polar surface area (TPSA) is 89.5 Å². The predicted octanol–water partition coefficient (Wildman–Crippen LogP) is 4.18. The predicted molar refractivity (Wildman–Crippen MR) is 123 cm³/mol. The first-order valence-electron chi connectivity index (χ1n) is 11.2. The van der Waals surface area contributed by atoms with Gasteiger partial charge in [-0.2, -0.15) is 0 Å². The molecule has 0 amide bonds. The van der Waals surface area contributed by atoms with Gasteiger partial charge in [-0.1, -0.05) is 18.0 Å². The van der Waals surface area contributed by atoms with E-state index in [-0.39, 0.29) is 30.0 Å². The molecule has 2 aromatic carbocycles. The number of sulfone groups is 1. The van der Waals surface area contributed by atoms with Gasteiger partial charge in [-0.15, -0.1) is 0 Å². The zero-order valence-corrected chi connectivity index (χ0v) is 20.5. The molecule has 0 radical (unpaired) electrons. The minimum atomic E-state index is -4.27. The number of halogens is 3. The number of hydrogen-bond donors (Lipinski definition) is 1. The molecule has 0 saturated heterocycles. The van der Waals surface area contributed by atoms with Gasteiger partial charge in [0.05, 0.1) is 22.3 Å². The van der Waals surface area contributed by atoms with Gasteiger partial charge in [0.25, 0.3) is 0 Å². The van der Waals surface area contributed by atoms with E-state index in [1.54, 1.807) is 0 Å². The molecule has 0 aromatic heterocycles. The molecule has 34 heavy (non-hydrogen) atoms. The Kier molecular flexibility index (Phi) is 5.94. The molecule has 2 fully saturated rings. The smallest absolute Gasteiger partial charge is 0.214 e. The van der Waals surface area contributed by atoms with Crippen molar-refractivity contribution in [3.63, 3.8) is 0 Å². The second-order valence-electron chi connectivity index (χ2n) is 9.24. The van der Waals surface area contributed by atoms with Crippen LogP contribution in [-0.2, 0) is 24.6 Å². The van der Waals surface area contributed by atoms with Gasteiger partial charge in [-0.3, -0.25) is 0 Å². The van der Waals surface area contributed by atoms with Crippen molar-refractivity contribution in [3.8, 4) is 5.75 Å². The van der Waals surface area contributed by atoms with Gasteiger partial charge in [0.2, 0.25) is 10.0 Å². The van der Waals surface area contributed by atoms with Crippen LogP contribution in [-0.4, -0.2) is 35.2 Å². The molecule has 2 aliphatic carbocycles. The van der Waals surface area contributed by atoms with Crippen molar-refractivity contribution in [2.24, 2.45) is 11.8 Å². The Hall–Kier alpha value is -1.75. The van der Waals surface area contributed by atoms with Gasteiger partial charge in [0.1, 0.15) is 10.6 Å². The van der Waals surface area contributed by atoms with Crippen molar-refractivity contribution in [1.29, 1.82) is 0 Å². The summed E-state index contributed by atoms with van der Waals surface area (Å²) in [7, 11) is -7.77. The molecule has 1 aliphatic heterocycles. The molecule has 11 heteroatoms. The summed E-state index contributed by atoms with van der Waals surface area (Å²) in [6, 6.07) is 7.42. The molecule has 1 N–H and O–H groups in total. The molecule has 2 saturated carbocycles. The largest absolute Gasteiger partial charge is 0.490 e. The molecule has 2 aromatic rings. The first-order chi connectivity index (χ1) is 16.1. The Balaban J connectivity index is 1.65. The summed E-state index contributed by atoms with van der Waals surface area (Å²) in [5, 5.41) is -0.0814. The van der Waals surface area contributed by atoms with Gasteiger partial charge in [-0.25, -0.2) is 30.3 Å². The summed E-state index contributed by atoms with van der Waals surface area (Å²) in [6.45, 7) is -0.160. The zero-order chi connectivity index (χ0) is 24.3. The summed E-state index contributed by atoms with van der Waals surface area (Å²) < 4.78 is 89.8. The van der Waals surface area contributed by atoms with Crippen LogP contribution in [0.5, 0.6) is 5.75 Å². The first-order valence-corrected chi connectivity index (χ1v) is 14.6. The summed E-state index contributed by atoms with van der Waals surface area (Å²) in [5.41, 5.74) is -0.312. The van der Waals surface area contributed by atoms with Crippen molar-refractivity contribution < 1.29 is 30.4 Å². The Morgan fingerprint density at radius 3 is 2.35 bits per heavy atom. The van der Waals surface area contributed by atoms with Crippen LogP contribution >= 0.6 is 11.6 Å². The number of ether oxygens (including phenoxy) is 1. The lowest BCUT2D eigenvalue weighted by molar-refractivity contribution is 0.0771. The normalized spacial score (nSPS) is 26.9. The van der Waals surface area contributed by atoms with Crippen LogP contribution in [0, 0.1) is 23.5 Å². The fourth-order valence-electron chi connectivity index (χ4n) is 5.47. The number of fused-ring (bicyclic) bond motifs is 3. The third-order valence-corrected chi connectivity index (χ3v) is 12.0. The van der Waals surface area contributed by atoms with Crippen LogP contribution < -0.4 is 9.46 Å². The Labute approximate surface area is 202 Å². The highest BCUT2D eigenvalue weighted by Crippen LogP contribution is 2.58. The number of sulfonamides is 1. The maximum atomic E-state index is 15.3. The summed E-state index contributed by atoms with van der Waals surface area (Å²) in [6.07, 6.45) is 2.18. The summed E-state index contributed by atoms with van der Waals surface area (Å²) in [4.78, 5) is -0.0578. The lowest BCUT2D eigenvalue weighted by Crippen LogP contribution is -2.55. The van der Waals surface area contributed by atoms with Gasteiger partial charge in [0, 0.05) is 17.5 Å². The van der Waals surface area contributed by atoms with Crippen molar-refractivity contribution >= 4 is 31.5 Å². The highest BCUT2D eigenvalue weighted by atomic mass is 35.5. The van der Waals surface area contributed by atoms with Crippen LogP contribution in [0.25, 0.3) is 0 Å². The Bertz CT molecular complexity index is 1330. The van der Waals surface area contributed by atoms with Crippen molar-refractivity contribution in [3.05, 3.63) is 58.6 Å². The fourth-order valence-corrected chi connectivity index (χ4v) is 9.48. The molecule has 3 atom stereocenters. The summed E-state index contributed by atoms with van der Waals surface area (Å²) in [5.74, 6) is -3.32. The maximum Gasteiger partial charge on any atom is 0.214 e. The van der Waals surface area contributed by atoms with E-state index >= 15 is 4.39 Å². The van der Waals surface area contributed by atoms with Gasteiger partial charge in [0.15, 0.2) is 21.4 Å². The Morgan fingerprint density at radius 2 is 1.68 bits per heavy atom. The van der Waals surface area contributed by atoms with Gasteiger partial charge in [-0.05, 0) is 68.0 Å². The minimum absolute atomic E-state index is 0.0109. The number of rotatable bonds is 6. The molecular weight excluding hydrogens is 508 g/mol. The average Bonchev–Trinajstić information content (AvgIpc) is 3.66. The molecule has 6 nitrogen and oxygen atoms in total. The molecule has 0 unspecified atom stereocenters. The molecule has 0 spiro atoms. The lowest BCUT2D eigenvalue weighted by Gasteiger charge is -2.50. The lowest BCUT2D eigenvalue weighted by atomic mass is 9.67. The van der Waals surface area contributed by atoms with E-state index in [9.17, 15) is 21.2 Å². The van der Waals surface area contributed by atoms with Crippen LogP contribution in [0.4, 0.5) is 8.78 Å². The maximum absolute atomic E-state index is 15.3. The quantitative estimate of drug-likeness (QED) is 0.604. The van der Waals surface area contributed by atoms with E-state index in [4.69, 9.17) is 16.3 Å². The van der Waals surface area contributed by atoms with Crippen LogP contribution in [0.15, 0.2) is 41.3 Å². The van der Waals surface area contributed by atoms with E-state index in [2.05, 4.69) is 4.72 Å². The highest BCUT2D eigenvalue weighted by molar-refractivity contribution is 7.92. The highest BCUT2D eigenvalue weighted by Gasteiger charge is 2.61. The van der Waals surface area contributed by atoms with Crippen LogP contribution in [0.1, 0.15) is 37.7 Å². The molecule has 0 bridgehead atoms. The SMILES string of the molecule is O=S(=O)(NC[C@@H]1CCC[C@@]2(S(=O)(=O)c3ccc(Cl)cc3)c3c(F)ccc(F)c3OC[C@@H]12)C1CC1. The van der Waals surface area contributed by atoms with E-state index < -0.39 is 59.1 Å². The zero-order valence-electron chi connectivity index (χ0n) is 18.1. The van der Waals surface area contributed by atoms with Crippen molar-refractivity contribution in [2.45, 2.75) is 47.0 Å².